The molecule has 15 heavy (non-hydrogen) atoms. The highest BCUT2D eigenvalue weighted by Crippen LogP contribution is 2.30. The first-order valence-corrected chi connectivity index (χ1v) is 4.75. The molecule has 0 N–H and O–H groups in total. The number of rotatable bonds is 4. The van der Waals surface area contributed by atoms with Crippen molar-refractivity contribution in [1.29, 1.82) is 0 Å². The molecule has 0 bridgehead atoms. The molecule has 1 amide bonds. The Morgan fingerprint density at radius 2 is 2.07 bits per heavy atom. The number of alkyl halides is 3. The average molecular weight is 225 g/mol. The van der Waals surface area contributed by atoms with Crippen LogP contribution >= 0.6 is 0 Å². The average Bonchev–Trinajstić information content (AvgIpc) is 2.93. The molecule has 6 heteroatoms. The quantitative estimate of drug-likeness (QED) is 0.726. The third kappa shape index (κ3) is 3.70. The van der Waals surface area contributed by atoms with Crippen molar-refractivity contribution < 1.29 is 22.7 Å². The lowest BCUT2D eigenvalue weighted by Crippen LogP contribution is -2.45. The van der Waals surface area contributed by atoms with Crippen LogP contribution < -0.4 is 0 Å². The largest absolute Gasteiger partial charge is 0.406 e. The lowest BCUT2D eigenvalue weighted by atomic mass is 10.3. The van der Waals surface area contributed by atoms with Gasteiger partial charge in [0.25, 0.3) is 5.91 Å². The first-order chi connectivity index (χ1) is 6.85. The van der Waals surface area contributed by atoms with Crippen molar-refractivity contribution in [3.8, 4) is 0 Å². The van der Waals surface area contributed by atoms with Crippen molar-refractivity contribution in [3.63, 3.8) is 0 Å². The second-order valence-corrected chi connectivity index (χ2v) is 3.69. The van der Waals surface area contributed by atoms with E-state index < -0.39 is 24.7 Å². The molecule has 1 aliphatic rings. The highest BCUT2D eigenvalue weighted by molar-refractivity contribution is 5.81. The summed E-state index contributed by atoms with van der Waals surface area (Å²) in [6.07, 6.45) is -3.85. The highest BCUT2D eigenvalue weighted by atomic mass is 19.4. The Balaban J connectivity index is 2.61. The normalized spacial score (nSPS) is 18.7. The van der Waals surface area contributed by atoms with Gasteiger partial charge in [-0.3, -0.25) is 4.79 Å². The predicted octanol–water partition coefficient (Wildman–Crippen LogP) is 1.57. The molecule has 1 fully saturated rings. The number of hydrogen-bond donors (Lipinski definition) is 0. The van der Waals surface area contributed by atoms with Crippen molar-refractivity contribution >= 4 is 5.91 Å². The molecule has 0 aliphatic heterocycles. The molecule has 0 radical (unpaired) electrons. The number of carbonyl (C=O) groups excluding carboxylic acids is 1. The van der Waals surface area contributed by atoms with Gasteiger partial charge in [-0.1, -0.05) is 0 Å². The Morgan fingerprint density at radius 1 is 1.53 bits per heavy atom. The molecular weight excluding hydrogens is 211 g/mol. The number of methoxy groups -OCH3 is 1. The van der Waals surface area contributed by atoms with Gasteiger partial charge in [0.2, 0.25) is 0 Å². The van der Waals surface area contributed by atoms with E-state index in [2.05, 4.69) is 0 Å². The van der Waals surface area contributed by atoms with Gasteiger partial charge in [0.15, 0.2) is 0 Å². The molecule has 1 saturated carbocycles. The molecule has 0 aromatic heterocycles. The molecule has 0 aromatic carbocycles. The summed E-state index contributed by atoms with van der Waals surface area (Å²) >= 11 is 0. The van der Waals surface area contributed by atoms with Crippen LogP contribution in [0.25, 0.3) is 0 Å². The zero-order valence-corrected chi connectivity index (χ0v) is 8.67. The maximum Gasteiger partial charge on any atom is 0.406 e. The van der Waals surface area contributed by atoms with E-state index in [0.717, 1.165) is 4.90 Å². The summed E-state index contributed by atoms with van der Waals surface area (Å²) in [4.78, 5) is 12.4. The van der Waals surface area contributed by atoms with Crippen molar-refractivity contribution in [3.05, 3.63) is 0 Å². The highest BCUT2D eigenvalue weighted by Gasteiger charge is 2.41. The standard InChI is InChI=1S/C9H14F3NO2/c1-6(15-2)8(14)13(7-3-4-7)5-9(10,11)12/h6-7H,3-5H2,1-2H3. The molecule has 3 nitrogen and oxygen atoms in total. The van der Waals surface area contributed by atoms with Gasteiger partial charge in [-0.05, 0) is 19.8 Å². The minimum atomic E-state index is -4.34. The van der Waals surface area contributed by atoms with Crippen LogP contribution in [0, 0.1) is 0 Å². The Bertz CT molecular complexity index is 238. The summed E-state index contributed by atoms with van der Waals surface area (Å²) < 4.78 is 41.3. The van der Waals surface area contributed by atoms with Crippen LogP contribution in [0.5, 0.6) is 0 Å². The fraction of sp³-hybridized carbons (Fsp3) is 0.889. The second-order valence-electron chi connectivity index (χ2n) is 3.69. The molecule has 0 aromatic rings. The smallest absolute Gasteiger partial charge is 0.372 e. The molecule has 1 aliphatic carbocycles. The van der Waals surface area contributed by atoms with E-state index in [1.54, 1.807) is 0 Å². The summed E-state index contributed by atoms with van der Waals surface area (Å²) in [6, 6.07) is -0.253. The van der Waals surface area contributed by atoms with Crippen LogP contribution in [0.4, 0.5) is 13.2 Å². The third-order valence-electron chi connectivity index (χ3n) is 2.32. The monoisotopic (exact) mass is 225 g/mol. The van der Waals surface area contributed by atoms with Crippen LogP contribution in [0.2, 0.25) is 0 Å². The lowest BCUT2D eigenvalue weighted by Gasteiger charge is -2.26. The van der Waals surface area contributed by atoms with Gasteiger partial charge in [-0.15, -0.1) is 0 Å². The van der Waals surface area contributed by atoms with Crippen LogP contribution in [0.1, 0.15) is 19.8 Å². The molecule has 88 valence electrons. The Morgan fingerprint density at radius 3 is 2.40 bits per heavy atom. The first-order valence-electron chi connectivity index (χ1n) is 4.75. The van der Waals surface area contributed by atoms with Crippen LogP contribution in [-0.2, 0) is 9.53 Å². The Hall–Kier alpha value is -0.780. The van der Waals surface area contributed by atoms with Gasteiger partial charge >= 0.3 is 6.18 Å². The molecule has 1 rings (SSSR count). The van der Waals surface area contributed by atoms with Gasteiger partial charge in [-0.2, -0.15) is 13.2 Å². The number of carbonyl (C=O) groups is 1. The summed E-state index contributed by atoms with van der Waals surface area (Å²) in [5.74, 6) is -0.586. The number of amides is 1. The maximum atomic E-state index is 12.2. The number of ether oxygens (including phenoxy) is 1. The van der Waals surface area contributed by atoms with Gasteiger partial charge in [0, 0.05) is 13.2 Å². The minimum absolute atomic E-state index is 0.253. The van der Waals surface area contributed by atoms with Crippen molar-refractivity contribution in [2.75, 3.05) is 13.7 Å². The van der Waals surface area contributed by atoms with E-state index >= 15 is 0 Å². The van der Waals surface area contributed by atoms with Crippen LogP contribution in [-0.4, -0.2) is 42.8 Å². The number of nitrogens with zero attached hydrogens (tertiary/aromatic N) is 1. The lowest BCUT2D eigenvalue weighted by molar-refractivity contribution is -0.168. The van der Waals surface area contributed by atoms with Crippen LogP contribution in [0.15, 0.2) is 0 Å². The van der Waals surface area contributed by atoms with E-state index in [-0.39, 0.29) is 6.04 Å². The molecule has 0 heterocycles. The van der Waals surface area contributed by atoms with E-state index in [9.17, 15) is 18.0 Å². The Labute approximate surface area is 86.2 Å². The van der Waals surface area contributed by atoms with Crippen molar-refractivity contribution in [2.45, 2.75) is 38.1 Å². The fourth-order valence-electron chi connectivity index (χ4n) is 1.30. The molecule has 1 atom stereocenters. The van der Waals surface area contributed by atoms with Crippen molar-refractivity contribution in [1.82, 2.24) is 4.90 Å². The SMILES string of the molecule is COC(C)C(=O)N(CC(F)(F)F)C1CC1. The fourth-order valence-corrected chi connectivity index (χ4v) is 1.30. The van der Waals surface area contributed by atoms with E-state index in [1.807, 2.05) is 0 Å². The summed E-state index contributed by atoms with van der Waals surface area (Å²) in [5.41, 5.74) is 0. The van der Waals surface area contributed by atoms with Gasteiger partial charge < -0.3 is 9.64 Å². The predicted molar refractivity (Wildman–Crippen MR) is 47.3 cm³/mol. The minimum Gasteiger partial charge on any atom is -0.372 e. The van der Waals surface area contributed by atoms with E-state index in [4.69, 9.17) is 4.74 Å². The second kappa shape index (κ2) is 4.38. The van der Waals surface area contributed by atoms with Gasteiger partial charge in [0.1, 0.15) is 12.6 Å². The summed E-state index contributed by atoms with van der Waals surface area (Å²) in [6.45, 7) is 0.276. The number of hydrogen-bond acceptors (Lipinski definition) is 2. The van der Waals surface area contributed by atoms with Gasteiger partial charge in [0.05, 0.1) is 0 Å². The summed E-state index contributed by atoms with van der Waals surface area (Å²) in [7, 11) is 1.31. The van der Waals surface area contributed by atoms with Gasteiger partial charge in [-0.25, -0.2) is 0 Å². The molecule has 1 unspecified atom stereocenters. The van der Waals surface area contributed by atoms with E-state index in [1.165, 1.54) is 14.0 Å². The zero-order chi connectivity index (χ0) is 11.6. The first kappa shape index (κ1) is 12.3. The Kier molecular flexibility index (Phi) is 3.59. The summed E-state index contributed by atoms with van der Waals surface area (Å²) in [5, 5.41) is 0. The molecular formula is C9H14F3NO2. The molecule has 0 spiro atoms. The van der Waals surface area contributed by atoms with Crippen molar-refractivity contribution in [2.24, 2.45) is 0 Å². The molecule has 0 saturated heterocycles. The van der Waals surface area contributed by atoms with E-state index in [0.29, 0.717) is 12.8 Å². The maximum absolute atomic E-state index is 12.2. The zero-order valence-electron chi connectivity index (χ0n) is 8.67. The third-order valence-corrected chi connectivity index (χ3v) is 2.32. The van der Waals surface area contributed by atoms with Crippen LogP contribution in [0.3, 0.4) is 0 Å². The topological polar surface area (TPSA) is 29.5 Å². The number of halogens is 3.